The second kappa shape index (κ2) is 14.8. The lowest BCUT2D eigenvalue weighted by Gasteiger charge is -2.11. The van der Waals surface area contributed by atoms with Gasteiger partial charge < -0.3 is 4.57 Å². The lowest BCUT2D eigenvalue weighted by atomic mass is 9.99. The number of aromatic nitrogens is 5. The molecular formula is C58H37N5. The molecule has 0 atom stereocenters. The Morgan fingerprint density at radius 3 is 1.14 bits per heavy atom. The number of hydrogen-bond donors (Lipinski definition) is 0. The Labute approximate surface area is 364 Å². The summed E-state index contributed by atoms with van der Waals surface area (Å²) >= 11 is 0. The fourth-order valence-corrected chi connectivity index (χ4v) is 9.11. The molecule has 0 unspecified atom stereocenters. The van der Waals surface area contributed by atoms with Crippen molar-refractivity contribution >= 4 is 43.9 Å². The van der Waals surface area contributed by atoms with E-state index in [2.05, 4.69) is 202 Å². The van der Waals surface area contributed by atoms with Gasteiger partial charge in [0, 0.05) is 44.5 Å². The average molecular weight is 804 g/mol. The molecule has 0 aliphatic heterocycles. The maximum absolute atomic E-state index is 5.77. The van der Waals surface area contributed by atoms with E-state index in [4.69, 9.17) is 16.4 Å². The first-order chi connectivity index (χ1) is 31.2. The molecule has 0 spiro atoms. The highest BCUT2D eigenvalue weighted by atomic mass is 15.1. The Morgan fingerprint density at radius 1 is 0.317 bits per heavy atom. The minimum Gasteiger partial charge on any atom is -0.309 e. The van der Waals surface area contributed by atoms with Crippen molar-refractivity contribution in [3.05, 3.63) is 224 Å². The van der Waals surface area contributed by atoms with Gasteiger partial charge in [-0.1, -0.05) is 127 Å². The first-order valence-corrected chi connectivity index (χ1v) is 21.1. The summed E-state index contributed by atoms with van der Waals surface area (Å²) in [6, 6.07) is 77.0. The number of terminal acetylenes is 1. The van der Waals surface area contributed by atoms with Gasteiger partial charge in [-0.3, -0.25) is 9.13 Å². The predicted octanol–water partition coefficient (Wildman–Crippen LogP) is 14.1. The zero-order valence-corrected chi connectivity index (χ0v) is 34.1. The fraction of sp³-hybridized carbons (Fsp3) is 0. The average Bonchev–Trinajstić information content (AvgIpc) is 4.05. The summed E-state index contributed by atoms with van der Waals surface area (Å²) in [4.78, 5) is 10.2. The quantitative estimate of drug-likeness (QED) is 0.151. The normalized spacial score (nSPS) is 11.5. The van der Waals surface area contributed by atoms with E-state index >= 15 is 0 Å². The fourth-order valence-electron chi connectivity index (χ4n) is 9.11. The number of imidazole rings is 2. The summed E-state index contributed by atoms with van der Waals surface area (Å²) < 4.78 is 6.83. The molecule has 0 fully saturated rings. The van der Waals surface area contributed by atoms with Crippen molar-refractivity contribution in [1.82, 2.24) is 23.7 Å². The highest BCUT2D eigenvalue weighted by Gasteiger charge is 2.18. The molecule has 12 aromatic rings. The molecule has 12 rings (SSSR count). The van der Waals surface area contributed by atoms with Crippen LogP contribution in [-0.2, 0) is 0 Å². The molecule has 0 aliphatic carbocycles. The Bertz CT molecular complexity index is 3480. The van der Waals surface area contributed by atoms with Gasteiger partial charge in [0.1, 0.15) is 11.6 Å². The lowest BCUT2D eigenvalue weighted by molar-refractivity contribution is 1.10. The number of para-hydroxylation sites is 6. The summed E-state index contributed by atoms with van der Waals surface area (Å²) in [5, 5.41) is 2.35. The number of hydrogen-bond acceptors (Lipinski definition) is 2. The molecule has 3 aromatic heterocycles. The molecule has 0 aliphatic rings. The molecule has 0 N–H and O–H groups in total. The highest BCUT2D eigenvalue weighted by Crippen LogP contribution is 2.39. The highest BCUT2D eigenvalue weighted by molar-refractivity contribution is 6.11. The Kier molecular flexibility index (Phi) is 8.48. The van der Waals surface area contributed by atoms with Crippen molar-refractivity contribution in [2.75, 3.05) is 0 Å². The summed E-state index contributed by atoms with van der Waals surface area (Å²) in [5.74, 6) is 4.60. The van der Waals surface area contributed by atoms with E-state index in [1.54, 1.807) is 0 Å². The molecule has 294 valence electrons. The third-order valence-corrected chi connectivity index (χ3v) is 12.2. The van der Waals surface area contributed by atoms with Crippen LogP contribution in [0.2, 0.25) is 0 Å². The summed E-state index contributed by atoms with van der Waals surface area (Å²) in [7, 11) is 0. The molecule has 5 heteroatoms. The van der Waals surface area contributed by atoms with E-state index in [9.17, 15) is 0 Å². The van der Waals surface area contributed by atoms with Crippen molar-refractivity contribution in [2.24, 2.45) is 0 Å². The number of rotatable bonds is 7. The van der Waals surface area contributed by atoms with Gasteiger partial charge in [-0.25, -0.2) is 9.97 Å². The molecule has 0 amide bonds. The first kappa shape index (κ1) is 36.2. The molecule has 0 saturated heterocycles. The monoisotopic (exact) mass is 803 g/mol. The van der Waals surface area contributed by atoms with Crippen LogP contribution in [-0.4, -0.2) is 23.7 Å². The van der Waals surface area contributed by atoms with Crippen LogP contribution in [0, 0.1) is 12.3 Å². The maximum atomic E-state index is 5.77. The van der Waals surface area contributed by atoms with Gasteiger partial charge in [-0.05, 0) is 119 Å². The van der Waals surface area contributed by atoms with Crippen molar-refractivity contribution in [3.63, 3.8) is 0 Å². The van der Waals surface area contributed by atoms with E-state index in [0.29, 0.717) is 0 Å². The van der Waals surface area contributed by atoms with Crippen molar-refractivity contribution in [2.45, 2.75) is 0 Å². The molecule has 0 bridgehead atoms. The summed E-state index contributed by atoms with van der Waals surface area (Å²) in [6.07, 6.45) is 5.77. The molecule has 3 heterocycles. The Hall–Kier alpha value is -8.72. The molecule has 9 aromatic carbocycles. The van der Waals surface area contributed by atoms with Crippen LogP contribution in [0.1, 0.15) is 5.56 Å². The van der Waals surface area contributed by atoms with Crippen molar-refractivity contribution < 1.29 is 0 Å². The molecule has 5 nitrogen and oxygen atoms in total. The van der Waals surface area contributed by atoms with Crippen LogP contribution < -0.4 is 0 Å². The second-order valence-electron chi connectivity index (χ2n) is 15.8. The zero-order valence-electron chi connectivity index (χ0n) is 34.1. The van der Waals surface area contributed by atoms with Gasteiger partial charge in [0.05, 0.1) is 33.1 Å². The number of nitrogens with zero attached hydrogens (tertiary/aromatic N) is 5. The van der Waals surface area contributed by atoms with Gasteiger partial charge in [0.2, 0.25) is 0 Å². The van der Waals surface area contributed by atoms with Gasteiger partial charge in [-0.15, -0.1) is 6.42 Å². The Balaban J connectivity index is 0.955. The largest absolute Gasteiger partial charge is 0.309 e. The van der Waals surface area contributed by atoms with E-state index < -0.39 is 0 Å². The minimum atomic E-state index is 0.856. The van der Waals surface area contributed by atoms with E-state index in [1.807, 2.05) is 36.4 Å². The third-order valence-electron chi connectivity index (χ3n) is 12.2. The van der Waals surface area contributed by atoms with Gasteiger partial charge in [-0.2, -0.15) is 0 Å². The molecule has 63 heavy (non-hydrogen) atoms. The van der Waals surface area contributed by atoms with E-state index in [-0.39, 0.29) is 0 Å². The minimum absolute atomic E-state index is 0.856. The van der Waals surface area contributed by atoms with E-state index in [1.165, 1.54) is 10.8 Å². The second-order valence-corrected chi connectivity index (χ2v) is 15.8. The smallest absolute Gasteiger partial charge is 0.145 e. The first-order valence-electron chi connectivity index (χ1n) is 21.1. The van der Waals surface area contributed by atoms with Gasteiger partial charge in [0.15, 0.2) is 0 Å². The molecule has 0 saturated carbocycles. The lowest BCUT2D eigenvalue weighted by Crippen LogP contribution is -1.97. The van der Waals surface area contributed by atoms with E-state index in [0.717, 1.165) is 101 Å². The number of fused-ring (bicyclic) bond motifs is 5. The predicted molar refractivity (Wildman–Crippen MR) is 260 cm³/mol. The standard InChI is InChI=1S/C58H37N5/c1-2-39-21-33-48(34-22-39)61-53-35-31-44(40-23-27-42(28-24-40)57-59-51-17-9-11-19-55(51)62(57)46-13-5-3-6-14-46)37-49(53)50-38-45(32-36-54(50)61)41-25-29-43(30-26-41)58-60-52-18-10-12-20-56(52)63(58)47-15-7-4-8-16-47/h1,3-38H. The van der Waals surface area contributed by atoms with Crippen LogP contribution in [0.5, 0.6) is 0 Å². The van der Waals surface area contributed by atoms with Crippen LogP contribution in [0.15, 0.2) is 218 Å². The van der Waals surface area contributed by atoms with Gasteiger partial charge >= 0.3 is 0 Å². The van der Waals surface area contributed by atoms with Crippen molar-refractivity contribution in [1.29, 1.82) is 0 Å². The van der Waals surface area contributed by atoms with Crippen LogP contribution in [0.4, 0.5) is 0 Å². The van der Waals surface area contributed by atoms with Gasteiger partial charge in [0.25, 0.3) is 0 Å². The molecular weight excluding hydrogens is 767 g/mol. The maximum Gasteiger partial charge on any atom is 0.145 e. The topological polar surface area (TPSA) is 40.6 Å². The SMILES string of the molecule is C#Cc1ccc(-n2c3ccc(-c4ccc(-c5nc6ccccc6n5-c5ccccc5)cc4)cc3c3cc(-c4ccc(-c5nc6ccccc6n5-c5ccccc5)cc4)ccc32)cc1. The summed E-state index contributed by atoms with van der Waals surface area (Å²) in [6.45, 7) is 0. The number of benzene rings is 9. The summed E-state index contributed by atoms with van der Waals surface area (Å²) in [5.41, 5.74) is 17.1. The third kappa shape index (κ3) is 6.12. The van der Waals surface area contributed by atoms with Crippen LogP contribution in [0.3, 0.4) is 0 Å². The van der Waals surface area contributed by atoms with Crippen LogP contribution in [0.25, 0.3) is 106 Å². The molecule has 0 radical (unpaired) electrons. The zero-order chi connectivity index (χ0) is 41.9. The Morgan fingerprint density at radius 2 is 0.698 bits per heavy atom. The van der Waals surface area contributed by atoms with Crippen LogP contribution >= 0.6 is 0 Å². The van der Waals surface area contributed by atoms with Crippen molar-refractivity contribution in [3.8, 4) is 74.4 Å².